The van der Waals surface area contributed by atoms with Crippen LogP contribution in [0.25, 0.3) is 33.5 Å². The van der Waals surface area contributed by atoms with E-state index in [0.29, 0.717) is 40.9 Å². The smallest absolute Gasteiger partial charge is 0.335 e. The highest BCUT2D eigenvalue weighted by atomic mass is 35.5. The number of aromatic carboxylic acids is 1. The van der Waals surface area contributed by atoms with Crippen LogP contribution in [0.2, 0.25) is 5.02 Å². The second-order valence-corrected chi connectivity index (χ2v) is 13.4. The van der Waals surface area contributed by atoms with Gasteiger partial charge in [0.05, 0.1) is 28.8 Å². The Hall–Kier alpha value is -4.70. The highest BCUT2D eigenvalue weighted by Gasteiger charge is 2.29. The minimum absolute atomic E-state index is 0.0758. The Morgan fingerprint density at radius 2 is 1.53 bits per heavy atom. The minimum atomic E-state index is -0.976. The standard InChI is InChI=1S/C39H38ClN3O6/c40-29-12-6-24(7-13-29)32-16-10-26(38(46)42-19-18-35(44)36(45)22-42)20-28(32)23-49-31-14-8-25(9-15-31)37-41-33-21-27(39(47)48)11-17-34(33)43(37)30-4-2-1-3-5-30/h6-17,20-21,30,35-36,44-45H,1-5,18-19,22-23H2,(H,47,48)/t35-,36+/m0/s1. The lowest BCUT2D eigenvalue weighted by molar-refractivity contribution is -0.0321. The Labute approximate surface area is 289 Å². The third-order valence-corrected chi connectivity index (χ3v) is 9.98. The first-order chi connectivity index (χ1) is 23.7. The van der Waals surface area contributed by atoms with Crippen molar-refractivity contribution in [3.8, 4) is 28.3 Å². The van der Waals surface area contributed by atoms with Crippen LogP contribution in [0.1, 0.15) is 70.8 Å². The Morgan fingerprint density at radius 1 is 0.816 bits per heavy atom. The number of piperidine rings is 1. The largest absolute Gasteiger partial charge is 0.489 e. The first-order valence-electron chi connectivity index (χ1n) is 16.8. The van der Waals surface area contributed by atoms with E-state index < -0.39 is 18.2 Å². The molecular formula is C39H38ClN3O6. The number of carboxylic acids is 1. The molecule has 1 saturated heterocycles. The number of rotatable bonds is 8. The number of aromatic nitrogens is 2. The van der Waals surface area contributed by atoms with Crippen LogP contribution in [0, 0.1) is 0 Å². The van der Waals surface area contributed by atoms with Crippen LogP contribution < -0.4 is 4.74 Å². The molecule has 1 aliphatic carbocycles. The topological polar surface area (TPSA) is 125 Å². The summed E-state index contributed by atoms with van der Waals surface area (Å²) in [6.45, 7) is 0.633. The van der Waals surface area contributed by atoms with E-state index in [-0.39, 0.29) is 24.6 Å². The highest BCUT2D eigenvalue weighted by molar-refractivity contribution is 6.30. The van der Waals surface area contributed by atoms with Gasteiger partial charge in [0.1, 0.15) is 18.2 Å². The molecule has 1 aliphatic heterocycles. The number of β-amino-alcohol motifs (C(OH)–C–C–N with tert-alkyl or cyclic N) is 1. The molecule has 5 aromatic rings. The maximum atomic E-state index is 13.4. The Balaban J connectivity index is 1.16. The first-order valence-corrected chi connectivity index (χ1v) is 17.2. The lowest BCUT2D eigenvalue weighted by atomic mass is 9.95. The number of benzene rings is 4. The van der Waals surface area contributed by atoms with Crippen LogP contribution in [-0.2, 0) is 6.61 Å². The van der Waals surface area contributed by atoms with E-state index in [1.54, 1.807) is 23.1 Å². The predicted molar refractivity (Wildman–Crippen MR) is 188 cm³/mol. The van der Waals surface area contributed by atoms with Gasteiger partial charge in [0.2, 0.25) is 0 Å². The Morgan fingerprint density at radius 3 is 2.24 bits per heavy atom. The van der Waals surface area contributed by atoms with Crippen molar-refractivity contribution in [2.24, 2.45) is 0 Å². The van der Waals surface area contributed by atoms with Crippen LogP contribution in [0.15, 0.2) is 84.9 Å². The minimum Gasteiger partial charge on any atom is -0.489 e. The lowest BCUT2D eigenvalue weighted by Gasteiger charge is -2.33. The van der Waals surface area contributed by atoms with Gasteiger partial charge in [-0.25, -0.2) is 9.78 Å². The summed E-state index contributed by atoms with van der Waals surface area (Å²) in [5.41, 5.74) is 5.85. The lowest BCUT2D eigenvalue weighted by Crippen LogP contribution is -2.48. The van der Waals surface area contributed by atoms with Gasteiger partial charge in [-0.05, 0) is 103 Å². The van der Waals surface area contributed by atoms with Gasteiger partial charge in [-0.1, -0.05) is 49.1 Å². The third-order valence-electron chi connectivity index (χ3n) is 9.72. The SMILES string of the molecule is O=C(O)c1ccc2c(c1)nc(-c1ccc(OCc3cc(C(=O)N4CC[C@H](O)[C@H](O)C4)ccc3-c3ccc(Cl)cc3)cc1)n2C1CCCCC1. The maximum Gasteiger partial charge on any atom is 0.335 e. The number of amides is 1. The summed E-state index contributed by atoms with van der Waals surface area (Å²) in [6.07, 6.45) is 4.14. The predicted octanol–water partition coefficient (Wildman–Crippen LogP) is 7.37. The fourth-order valence-corrected chi connectivity index (χ4v) is 7.18. The van der Waals surface area contributed by atoms with Crippen LogP contribution in [0.5, 0.6) is 5.75 Å². The van der Waals surface area contributed by atoms with Crippen molar-refractivity contribution in [3.05, 3.63) is 107 Å². The first kappa shape index (κ1) is 32.8. The molecule has 3 N–H and O–H groups in total. The van der Waals surface area contributed by atoms with Crippen molar-refractivity contribution < 1.29 is 29.6 Å². The van der Waals surface area contributed by atoms with Crippen LogP contribution in [0.4, 0.5) is 0 Å². The molecule has 0 radical (unpaired) electrons. The number of fused-ring (bicyclic) bond motifs is 1. The molecule has 7 rings (SSSR count). The van der Waals surface area contributed by atoms with Gasteiger partial charge in [0, 0.05) is 35.3 Å². The maximum absolute atomic E-state index is 13.4. The van der Waals surface area contributed by atoms with Gasteiger partial charge in [-0.3, -0.25) is 4.79 Å². The number of nitrogens with zero attached hydrogens (tertiary/aromatic N) is 3. The van der Waals surface area contributed by atoms with Crippen LogP contribution in [-0.4, -0.2) is 66.9 Å². The Bertz CT molecular complexity index is 1990. The quantitative estimate of drug-likeness (QED) is 0.156. The van der Waals surface area contributed by atoms with Crippen molar-refractivity contribution in [3.63, 3.8) is 0 Å². The molecule has 10 heteroatoms. The summed E-state index contributed by atoms with van der Waals surface area (Å²) in [6, 6.07) is 26.2. The number of carbonyl (C=O) groups excluding carboxylic acids is 1. The number of ether oxygens (including phenoxy) is 1. The van der Waals surface area contributed by atoms with Gasteiger partial charge in [0.15, 0.2) is 0 Å². The zero-order valence-electron chi connectivity index (χ0n) is 27.0. The molecule has 1 aromatic heterocycles. The van der Waals surface area contributed by atoms with Crippen molar-refractivity contribution >= 4 is 34.5 Å². The number of aliphatic hydroxyl groups is 2. The van der Waals surface area contributed by atoms with Gasteiger partial charge in [-0.15, -0.1) is 0 Å². The second-order valence-electron chi connectivity index (χ2n) is 13.0. The number of likely N-dealkylation sites (tertiary alicyclic amines) is 1. The fourth-order valence-electron chi connectivity index (χ4n) is 7.05. The number of halogens is 1. The summed E-state index contributed by atoms with van der Waals surface area (Å²) >= 11 is 6.17. The van der Waals surface area contributed by atoms with Gasteiger partial charge >= 0.3 is 5.97 Å². The molecule has 9 nitrogen and oxygen atoms in total. The van der Waals surface area contributed by atoms with Crippen LogP contribution >= 0.6 is 11.6 Å². The number of hydrogen-bond donors (Lipinski definition) is 3. The molecule has 1 amide bonds. The normalized spacial score (nSPS) is 18.5. The zero-order chi connectivity index (χ0) is 34.1. The third kappa shape index (κ3) is 6.92. The molecular weight excluding hydrogens is 642 g/mol. The average Bonchev–Trinajstić information content (AvgIpc) is 3.51. The zero-order valence-corrected chi connectivity index (χ0v) is 27.7. The van der Waals surface area contributed by atoms with E-state index in [2.05, 4.69) is 4.57 Å². The van der Waals surface area contributed by atoms with Crippen LogP contribution in [0.3, 0.4) is 0 Å². The molecule has 2 fully saturated rings. The molecule has 252 valence electrons. The van der Waals surface area contributed by atoms with Crippen molar-refractivity contribution in [2.75, 3.05) is 13.1 Å². The van der Waals surface area contributed by atoms with Gasteiger partial charge < -0.3 is 29.5 Å². The van der Waals surface area contributed by atoms with E-state index in [9.17, 15) is 24.9 Å². The molecule has 4 aromatic carbocycles. The highest BCUT2D eigenvalue weighted by Crippen LogP contribution is 2.37. The van der Waals surface area contributed by atoms with E-state index in [0.717, 1.165) is 59.3 Å². The van der Waals surface area contributed by atoms with Gasteiger partial charge in [-0.2, -0.15) is 0 Å². The summed E-state index contributed by atoms with van der Waals surface area (Å²) < 4.78 is 8.59. The molecule has 0 spiro atoms. The molecule has 1 saturated carbocycles. The second kappa shape index (κ2) is 14.0. The molecule has 2 heterocycles. The molecule has 0 bridgehead atoms. The molecule has 49 heavy (non-hydrogen) atoms. The average molecular weight is 680 g/mol. The van der Waals surface area contributed by atoms with Gasteiger partial charge in [0.25, 0.3) is 5.91 Å². The molecule has 2 atom stereocenters. The molecule has 2 aliphatic rings. The number of carbonyl (C=O) groups is 2. The summed E-state index contributed by atoms with van der Waals surface area (Å²) in [5, 5.41) is 30.3. The van der Waals surface area contributed by atoms with E-state index in [1.165, 1.54) is 6.42 Å². The summed E-state index contributed by atoms with van der Waals surface area (Å²) in [4.78, 5) is 31.6. The number of imidazole rings is 1. The van der Waals surface area contributed by atoms with Crippen molar-refractivity contribution in [1.29, 1.82) is 0 Å². The monoisotopic (exact) mass is 679 g/mol. The summed E-state index contributed by atoms with van der Waals surface area (Å²) in [7, 11) is 0. The Kier molecular flexibility index (Phi) is 9.40. The van der Waals surface area contributed by atoms with E-state index >= 15 is 0 Å². The van der Waals surface area contributed by atoms with Crippen molar-refractivity contribution in [2.45, 2.75) is 63.4 Å². The van der Waals surface area contributed by atoms with E-state index in [4.69, 9.17) is 21.3 Å². The number of aliphatic hydroxyl groups excluding tert-OH is 2. The molecule has 0 unspecified atom stereocenters. The van der Waals surface area contributed by atoms with Crippen molar-refractivity contribution in [1.82, 2.24) is 14.5 Å². The summed E-state index contributed by atoms with van der Waals surface area (Å²) in [5.74, 6) is 0.263. The number of hydrogen-bond acceptors (Lipinski definition) is 6. The fraction of sp³-hybridized carbons (Fsp3) is 0.308. The van der Waals surface area contributed by atoms with E-state index in [1.807, 2.05) is 66.7 Å². The number of carboxylic acid groups (broad SMARTS) is 1.